The van der Waals surface area contributed by atoms with E-state index in [2.05, 4.69) is 11.8 Å². The first-order valence-electron chi connectivity index (χ1n) is 7.35. The normalized spacial score (nSPS) is 37.4. The zero-order valence-corrected chi connectivity index (χ0v) is 11.2. The lowest BCUT2D eigenvalue weighted by Crippen LogP contribution is -2.41. The first-order chi connectivity index (χ1) is 8.25. The van der Waals surface area contributed by atoms with Gasteiger partial charge in [0, 0.05) is 32.3 Å². The molecule has 0 aromatic rings. The first kappa shape index (κ1) is 13.3. The topological polar surface area (TPSA) is 38.5 Å². The Morgan fingerprint density at radius 3 is 2.88 bits per heavy atom. The van der Waals surface area contributed by atoms with Crippen molar-refractivity contribution in [3.05, 3.63) is 0 Å². The lowest BCUT2D eigenvalue weighted by molar-refractivity contribution is 0.0645. The smallest absolute Gasteiger partial charge is 0.0673 e. The van der Waals surface area contributed by atoms with E-state index in [0.717, 1.165) is 13.2 Å². The molecule has 1 saturated carbocycles. The van der Waals surface area contributed by atoms with Crippen LogP contribution in [0.1, 0.15) is 45.4 Å². The molecule has 0 aromatic carbocycles. The zero-order valence-electron chi connectivity index (χ0n) is 11.2. The molecule has 3 atom stereocenters. The number of hydrogen-bond donors (Lipinski definition) is 1. The summed E-state index contributed by atoms with van der Waals surface area (Å²) in [6.07, 6.45) is 8.20. The molecule has 3 nitrogen and oxygen atoms in total. The summed E-state index contributed by atoms with van der Waals surface area (Å²) in [4.78, 5) is 2.58. The molecule has 0 aromatic heterocycles. The average molecular weight is 240 g/mol. The van der Waals surface area contributed by atoms with Crippen molar-refractivity contribution >= 4 is 0 Å². The Morgan fingerprint density at radius 1 is 1.18 bits per heavy atom. The SMILES string of the molecule is CC1CN(CC2CCCCCC2N)CCCO1. The highest BCUT2D eigenvalue weighted by Crippen LogP contribution is 2.23. The summed E-state index contributed by atoms with van der Waals surface area (Å²) in [6.45, 7) is 6.57. The van der Waals surface area contributed by atoms with Crippen molar-refractivity contribution in [1.29, 1.82) is 0 Å². The van der Waals surface area contributed by atoms with E-state index in [1.165, 1.54) is 51.6 Å². The van der Waals surface area contributed by atoms with E-state index < -0.39 is 0 Å². The lowest BCUT2D eigenvalue weighted by Gasteiger charge is -2.29. The quantitative estimate of drug-likeness (QED) is 0.750. The van der Waals surface area contributed by atoms with E-state index in [0.29, 0.717) is 18.1 Å². The highest BCUT2D eigenvalue weighted by molar-refractivity contribution is 4.80. The van der Waals surface area contributed by atoms with Gasteiger partial charge >= 0.3 is 0 Å². The van der Waals surface area contributed by atoms with Gasteiger partial charge in [0.1, 0.15) is 0 Å². The van der Waals surface area contributed by atoms with Gasteiger partial charge in [-0.2, -0.15) is 0 Å². The monoisotopic (exact) mass is 240 g/mol. The van der Waals surface area contributed by atoms with Crippen molar-refractivity contribution in [2.24, 2.45) is 11.7 Å². The van der Waals surface area contributed by atoms with E-state index in [4.69, 9.17) is 10.5 Å². The van der Waals surface area contributed by atoms with Gasteiger partial charge in [0.15, 0.2) is 0 Å². The minimum Gasteiger partial charge on any atom is -0.377 e. The molecule has 17 heavy (non-hydrogen) atoms. The molecule has 2 rings (SSSR count). The predicted molar refractivity (Wildman–Crippen MR) is 71.0 cm³/mol. The molecule has 1 aliphatic carbocycles. The van der Waals surface area contributed by atoms with Crippen molar-refractivity contribution < 1.29 is 4.74 Å². The molecule has 100 valence electrons. The fourth-order valence-corrected chi connectivity index (χ4v) is 3.22. The van der Waals surface area contributed by atoms with Crippen LogP contribution >= 0.6 is 0 Å². The number of nitrogens with zero attached hydrogens (tertiary/aromatic N) is 1. The molecule has 2 aliphatic rings. The zero-order chi connectivity index (χ0) is 12.1. The summed E-state index contributed by atoms with van der Waals surface area (Å²) >= 11 is 0. The van der Waals surface area contributed by atoms with Gasteiger partial charge in [0.05, 0.1) is 6.10 Å². The van der Waals surface area contributed by atoms with Crippen LogP contribution in [0.5, 0.6) is 0 Å². The third kappa shape index (κ3) is 4.23. The maximum Gasteiger partial charge on any atom is 0.0673 e. The number of nitrogens with two attached hydrogens (primary N) is 1. The summed E-state index contributed by atoms with van der Waals surface area (Å²) < 4.78 is 5.70. The van der Waals surface area contributed by atoms with Crippen LogP contribution in [0.15, 0.2) is 0 Å². The van der Waals surface area contributed by atoms with Crippen molar-refractivity contribution in [2.45, 2.75) is 57.6 Å². The van der Waals surface area contributed by atoms with Gasteiger partial charge in [-0.25, -0.2) is 0 Å². The number of hydrogen-bond acceptors (Lipinski definition) is 3. The molecule has 1 saturated heterocycles. The highest BCUT2D eigenvalue weighted by Gasteiger charge is 2.24. The molecule has 2 fully saturated rings. The van der Waals surface area contributed by atoms with Crippen molar-refractivity contribution in [2.75, 3.05) is 26.2 Å². The molecular formula is C14H28N2O. The molecule has 0 amide bonds. The Balaban J connectivity index is 1.84. The van der Waals surface area contributed by atoms with E-state index in [-0.39, 0.29) is 0 Å². The van der Waals surface area contributed by atoms with Crippen molar-refractivity contribution in [1.82, 2.24) is 4.90 Å². The van der Waals surface area contributed by atoms with Crippen LogP contribution in [-0.2, 0) is 4.74 Å². The fraction of sp³-hybridized carbons (Fsp3) is 1.00. The van der Waals surface area contributed by atoms with Crippen LogP contribution in [0.25, 0.3) is 0 Å². The van der Waals surface area contributed by atoms with Crippen LogP contribution in [0.4, 0.5) is 0 Å². The molecule has 1 aliphatic heterocycles. The minimum atomic E-state index is 0.388. The Morgan fingerprint density at radius 2 is 2.00 bits per heavy atom. The molecule has 0 spiro atoms. The summed E-state index contributed by atoms with van der Waals surface area (Å²) in [5, 5.41) is 0. The fourth-order valence-electron chi connectivity index (χ4n) is 3.22. The summed E-state index contributed by atoms with van der Waals surface area (Å²) in [5.74, 6) is 0.711. The Bertz CT molecular complexity index is 222. The molecule has 1 heterocycles. The summed E-state index contributed by atoms with van der Waals surface area (Å²) in [5.41, 5.74) is 6.31. The van der Waals surface area contributed by atoms with Gasteiger partial charge < -0.3 is 15.4 Å². The maximum atomic E-state index is 6.31. The van der Waals surface area contributed by atoms with Crippen molar-refractivity contribution in [3.8, 4) is 0 Å². The predicted octanol–water partition coefficient (Wildman–Crippen LogP) is 2.00. The first-order valence-corrected chi connectivity index (χ1v) is 7.35. The van der Waals surface area contributed by atoms with Crippen LogP contribution in [0.3, 0.4) is 0 Å². The third-order valence-electron chi connectivity index (χ3n) is 4.25. The standard InChI is InChI=1S/C14H28N2O/c1-12-10-16(8-5-9-17-12)11-13-6-3-2-4-7-14(13)15/h12-14H,2-11,15H2,1H3. The third-order valence-corrected chi connectivity index (χ3v) is 4.25. The molecule has 3 heteroatoms. The van der Waals surface area contributed by atoms with E-state index in [1.807, 2.05) is 0 Å². The summed E-state index contributed by atoms with van der Waals surface area (Å²) in [7, 11) is 0. The highest BCUT2D eigenvalue weighted by atomic mass is 16.5. The summed E-state index contributed by atoms with van der Waals surface area (Å²) in [6, 6.07) is 0.428. The van der Waals surface area contributed by atoms with Crippen LogP contribution in [0.2, 0.25) is 0 Å². The van der Waals surface area contributed by atoms with Gasteiger partial charge in [-0.15, -0.1) is 0 Å². The maximum absolute atomic E-state index is 6.31. The molecular weight excluding hydrogens is 212 g/mol. The Kier molecular flexibility index (Phi) is 5.26. The van der Waals surface area contributed by atoms with Gasteiger partial charge in [-0.1, -0.05) is 19.3 Å². The van der Waals surface area contributed by atoms with E-state index in [1.54, 1.807) is 0 Å². The van der Waals surface area contributed by atoms with Crippen molar-refractivity contribution in [3.63, 3.8) is 0 Å². The molecule has 0 bridgehead atoms. The second-order valence-corrected chi connectivity index (χ2v) is 5.86. The molecule has 2 N–H and O–H groups in total. The number of ether oxygens (including phenoxy) is 1. The lowest BCUT2D eigenvalue weighted by atomic mass is 9.95. The second-order valence-electron chi connectivity index (χ2n) is 5.86. The average Bonchev–Trinajstić information content (AvgIpc) is 2.61. The van der Waals surface area contributed by atoms with Crippen LogP contribution < -0.4 is 5.73 Å². The Hall–Kier alpha value is -0.120. The van der Waals surface area contributed by atoms with Gasteiger partial charge in [-0.05, 0) is 32.1 Å². The van der Waals surface area contributed by atoms with E-state index in [9.17, 15) is 0 Å². The van der Waals surface area contributed by atoms with Crippen LogP contribution in [-0.4, -0.2) is 43.3 Å². The van der Waals surface area contributed by atoms with Crippen LogP contribution in [0, 0.1) is 5.92 Å². The van der Waals surface area contributed by atoms with E-state index >= 15 is 0 Å². The van der Waals surface area contributed by atoms with Gasteiger partial charge in [-0.3, -0.25) is 0 Å². The largest absolute Gasteiger partial charge is 0.377 e. The Labute approximate surface area is 106 Å². The minimum absolute atomic E-state index is 0.388. The molecule has 0 radical (unpaired) electrons. The second kappa shape index (κ2) is 6.72. The number of rotatable bonds is 2. The molecule has 3 unspecified atom stereocenters. The van der Waals surface area contributed by atoms with Gasteiger partial charge in [0.2, 0.25) is 0 Å². The van der Waals surface area contributed by atoms with Gasteiger partial charge in [0.25, 0.3) is 0 Å².